The van der Waals surface area contributed by atoms with Gasteiger partial charge in [0.1, 0.15) is 9.84 Å². The average molecular weight is 273 g/mol. The highest BCUT2D eigenvalue weighted by Gasteiger charge is 2.33. The molecule has 0 aliphatic carbocycles. The smallest absolute Gasteiger partial charge is 0.331 e. The molecule has 2 rings (SSSR count). The molecule has 0 aromatic carbocycles. The second-order valence-electron chi connectivity index (χ2n) is 5.21. The van der Waals surface area contributed by atoms with E-state index in [9.17, 15) is 13.2 Å². The predicted octanol–water partition coefficient (Wildman–Crippen LogP) is 0.526. The number of aliphatic carboxylic acids is 1. The molecule has 1 unspecified atom stereocenters. The quantitative estimate of drug-likeness (QED) is 0.794. The number of hydrogen-bond acceptors (Lipinski definition) is 4. The van der Waals surface area contributed by atoms with Gasteiger partial charge < -0.3 is 5.11 Å². The van der Waals surface area contributed by atoms with Crippen molar-refractivity contribution in [2.24, 2.45) is 5.92 Å². The molecular formula is C12H19NO4S. The molecule has 6 heteroatoms. The first-order chi connectivity index (χ1) is 8.39. The molecule has 5 nitrogen and oxygen atoms in total. The number of sulfone groups is 1. The van der Waals surface area contributed by atoms with E-state index < -0.39 is 15.8 Å². The van der Waals surface area contributed by atoms with Gasteiger partial charge >= 0.3 is 5.97 Å². The Morgan fingerprint density at radius 2 is 2.00 bits per heavy atom. The highest BCUT2D eigenvalue weighted by Crippen LogP contribution is 2.29. The van der Waals surface area contributed by atoms with Gasteiger partial charge in [-0.2, -0.15) is 0 Å². The minimum atomic E-state index is -2.86. The Hall–Kier alpha value is -0.880. The minimum Gasteiger partial charge on any atom is -0.478 e. The normalized spacial score (nSPS) is 29.8. The SMILES string of the molecule is CN1CCC(C(=O)O)=CC1C1CCS(=O)(=O)CC1. The molecule has 18 heavy (non-hydrogen) atoms. The number of nitrogens with zero attached hydrogens (tertiary/aromatic N) is 1. The van der Waals surface area contributed by atoms with Crippen LogP contribution < -0.4 is 0 Å². The van der Waals surface area contributed by atoms with E-state index in [1.165, 1.54) is 0 Å². The number of hydrogen-bond donors (Lipinski definition) is 1. The standard InChI is InChI=1S/C12H19NO4S/c1-13-5-2-10(12(14)15)8-11(13)9-3-6-18(16,17)7-4-9/h8-9,11H,2-7H2,1H3,(H,14,15). The van der Waals surface area contributed by atoms with Crippen LogP contribution in [-0.4, -0.2) is 55.5 Å². The summed E-state index contributed by atoms with van der Waals surface area (Å²) in [5.41, 5.74) is 0.464. The number of likely N-dealkylation sites (N-methyl/N-ethyl adjacent to an activating group) is 1. The second-order valence-corrected chi connectivity index (χ2v) is 7.51. The van der Waals surface area contributed by atoms with Gasteiger partial charge in [0, 0.05) is 18.2 Å². The fraction of sp³-hybridized carbons (Fsp3) is 0.750. The van der Waals surface area contributed by atoms with Crippen molar-refractivity contribution < 1.29 is 18.3 Å². The molecule has 1 atom stereocenters. The van der Waals surface area contributed by atoms with Crippen LogP contribution >= 0.6 is 0 Å². The summed E-state index contributed by atoms with van der Waals surface area (Å²) >= 11 is 0. The Labute approximate surface area is 107 Å². The van der Waals surface area contributed by atoms with Crippen molar-refractivity contribution in [1.29, 1.82) is 0 Å². The van der Waals surface area contributed by atoms with E-state index in [1.807, 2.05) is 13.1 Å². The number of carboxylic acids is 1. The highest BCUT2D eigenvalue weighted by molar-refractivity contribution is 7.91. The molecule has 0 aromatic heterocycles. The van der Waals surface area contributed by atoms with Crippen molar-refractivity contribution in [2.45, 2.75) is 25.3 Å². The summed E-state index contributed by atoms with van der Waals surface area (Å²) in [5.74, 6) is -0.124. The Kier molecular flexibility index (Phi) is 3.77. The minimum absolute atomic E-state index is 0.0698. The first kappa shape index (κ1) is 13.5. The van der Waals surface area contributed by atoms with Gasteiger partial charge in [0.25, 0.3) is 0 Å². The Balaban J connectivity index is 2.12. The zero-order chi connectivity index (χ0) is 13.3. The summed E-state index contributed by atoms with van der Waals surface area (Å²) in [6.07, 6.45) is 3.66. The lowest BCUT2D eigenvalue weighted by atomic mass is 9.88. The predicted molar refractivity (Wildman–Crippen MR) is 68.1 cm³/mol. The van der Waals surface area contributed by atoms with Gasteiger partial charge in [0.05, 0.1) is 11.5 Å². The molecule has 102 valence electrons. The van der Waals surface area contributed by atoms with Crippen LogP contribution in [0.2, 0.25) is 0 Å². The van der Waals surface area contributed by atoms with E-state index in [1.54, 1.807) is 0 Å². The van der Waals surface area contributed by atoms with E-state index >= 15 is 0 Å². The molecule has 1 fully saturated rings. The van der Waals surface area contributed by atoms with Crippen molar-refractivity contribution in [3.8, 4) is 0 Å². The molecule has 0 saturated carbocycles. The Bertz CT molecular complexity index is 454. The van der Waals surface area contributed by atoms with Crippen LogP contribution in [0.3, 0.4) is 0 Å². The van der Waals surface area contributed by atoms with Crippen molar-refractivity contribution in [3.63, 3.8) is 0 Å². The third-order valence-corrected chi connectivity index (χ3v) is 5.69. The molecule has 0 bridgehead atoms. The lowest BCUT2D eigenvalue weighted by molar-refractivity contribution is -0.133. The van der Waals surface area contributed by atoms with Gasteiger partial charge in [-0.25, -0.2) is 13.2 Å². The third kappa shape index (κ3) is 2.92. The molecule has 1 N–H and O–H groups in total. The molecular weight excluding hydrogens is 254 g/mol. The molecule has 0 radical (unpaired) electrons. The lowest BCUT2D eigenvalue weighted by Crippen LogP contribution is -2.43. The largest absolute Gasteiger partial charge is 0.478 e. The molecule has 0 amide bonds. The first-order valence-corrected chi connectivity index (χ1v) is 8.06. The van der Waals surface area contributed by atoms with Crippen LogP contribution in [0.4, 0.5) is 0 Å². The molecule has 2 heterocycles. The molecule has 0 aromatic rings. The third-order valence-electron chi connectivity index (χ3n) is 3.97. The van der Waals surface area contributed by atoms with Crippen LogP contribution in [0.1, 0.15) is 19.3 Å². The van der Waals surface area contributed by atoms with Crippen LogP contribution in [0.25, 0.3) is 0 Å². The molecule has 1 saturated heterocycles. The second kappa shape index (κ2) is 5.01. The zero-order valence-corrected chi connectivity index (χ0v) is 11.3. The molecule has 2 aliphatic rings. The van der Waals surface area contributed by atoms with E-state index in [2.05, 4.69) is 4.90 Å². The summed E-state index contributed by atoms with van der Waals surface area (Å²) in [6.45, 7) is 0.728. The number of carboxylic acid groups (broad SMARTS) is 1. The highest BCUT2D eigenvalue weighted by atomic mass is 32.2. The fourth-order valence-electron chi connectivity index (χ4n) is 2.79. The van der Waals surface area contributed by atoms with Gasteiger partial charge in [-0.05, 0) is 32.2 Å². The van der Waals surface area contributed by atoms with E-state index in [4.69, 9.17) is 5.11 Å². The lowest BCUT2D eigenvalue weighted by Gasteiger charge is -2.37. The molecule has 2 aliphatic heterocycles. The Morgan fingerprint density at radius 1 is 1.39 bits per heavy atom. The maximum Gasteiger partial charge on any atom is 0.331 e. The van der Waals surface area contributed by atoms with E-state index in [-0.39, 0.29) is 23.5 Å². The van der Waals surface area contributed by atoms with Gasteiger partial charge in [-0.3, -0.25) is 4.90 Å². The summed E-state index contributed by atoms with van der Waals surface area (Å²) in [5, 5.41) is 9.04. The van der Waals surface area contributed by atoms with Crippen molar-refractivity contribution in [1.82, 2.24) is 4.90 Å². The van der Waals surface area contributed by atoms with Crippen LogP contribution in [0.15, 0.2) is 11.6 Å². The number of carbonyl (C=O) groups is 1. The number of rotatable bonds is 2. The Morgan fingerprint density at radius 3 is 2.56 bits per heavy atom. The van der Waals surface area contributed by atoms with Gasteiger partial charge in [0.15, 0.2) is 0 Å². The topological polar surface area (TPSA) is 74.7 Å². The summed E-state index contributed by atoms with van der Waals surface area (Å²) < 4.78 is 22.8. The van der Waals surface area contributed by atoms with Crippen molar-refractivity contribution >= 4 is 15.8 Å². The summed E-state index contributed by atoms with van der Waals surface area (Å²) in [4.78, 5) is 13.1. The maximum absolute atomic E-state index is 11.4. The summed E-state index contributed by atoms with van der Waals surface area (Å²) in [6, 6.07) is 0.0698. The van der Waals surface area contributed by atoms with Gasteiger partial charge in [-0.1, -0.05) is 6.08 Å². The van der Waals surface area contributed by atoms with Crippen LogP contribution in [0.5, 0.6) is 0 Å². The fourth-order valence-corrected chi connectivity index (χ4v) is 4.31. The van der Waals surface area contributed by atoms with Crippen LogP contribution in [0, 0.1) is 5.92 Å². The summed E-state index contributed by atoms with van der Waals surface area (Å²) in [7, 11) is -0.882. The maximum atomic E-state index is 11.4. The van der Waals surface area contributed by atoms with Crippen molar-refractivity contribution in [2.75, 3.05) is 25.1 Å². The average Bonchev–Trinajstić information content (AvgIpc) is 2.30. The monoisotopic (exact) mass is 273 g/mol. The zero-order valence-electron chi connectivity index (χ0n) is 10.5. The van der Waals surface area contributed by atoms with Gasteiger partial charge in [-0.15, -0.1) is 0 Å². The van der Waals surface area contributed by atoms with Crippen LogP contribution in [-0.2, 0) is 14.6 Å². The first-order valence-electron chi connectivity index (χ1n) is 6.24. The van der Waals surface area contributed by atoms with Crippen molar-refractivity contribution in [3.05, 3.63) is 11.6 Å². The van der Waals surface area contributed by atoms with E-state index in [0.717, 1.165) is 6.54 Å². The molecule has 0 spiro atoms. The van der Waals surface area contributed by atoms with E-state index in [0.29, 0.717) is 24.8 Å². The van der Waals surface area contributed by atoms with Gasteiger partial charge in [0.2, 0.25) is 0 Å².